The number of benzene rings is 1. The number of esters is 1. The van der Waals surface area contributed by atoms with Crippen LogP contribution in [0.15, 0.2) is 18.2 Å². The second-order valence-electron chi connectivity index (χ2n) is 4.96. The van der Waals surface area contributed by atoms with Crippen molar-refractivity contribution >= 4 is 23.6 Å². The first kappa shape index (κ1) is 14.9. The molecule has 0 saturated carbocycles. The van der Waals surface area contributed by atoms with Crippen molar-refractivity contribution in [1.29, 1.82) is 0 Å². The minimum absolute atomic E-state index is 0.0635. The maximum atomic E-state index is 12.3. The van der Waals surface area contributed by atoms with Crippen LogP contribution < -0.4 is 0 Å². The number of rotatable bonds is 3. The van der Waals surface area contributed by atoms with Gasteiger partial charge < -0.3 is 4.74 Å². The van der Waals surface area contributed by atoms with Gasteiger partial charge >= 0.3 is 5.97 Å². The lowest BCUT2D eigenvalue weighted by molar-refractivity contribution is -0.155. The van der Waals surface area contributed by atoms with Crippen LogP contribution in [0.25, 0.3) is 0 Å². The molecule has 0 N–H and O–H groups in total. The van der Waals surface area contributed by atoms with Gasteiger partial charge in [0.15, 0.2) is 11.7 Å². The van der Waals surface area contributed by atoms with Crippen LogP contribution in [0.3, 0.4) is 0 Å². The number of nitrogens with zero attached hydrogens (tertiary/aromatic N) is 1. The Balaban J connectivity index is 2.32. The molecule has 0 aliphatic carbocycles. The fourth-order valence-corrected chi connectivity index (χ4v) is 2.31. The molecule has 2 rings (SSSR count). The molecule has 0 spiro atoms. The van der Waals surface area contributed by atoms with Gasteiger partial charge in [0.05, 0.1) is 13.7 Å². The monoisotopic (exact) mass is 289 g/mol. The molecule has 0 fully saturated rings. The van der Waals surface area contributed by atoms with Crippen molar-refractivity contribution in [2.75, 3.05) is 7.11 Å². The van der Waals surface area contributed by atoms with Crippen molar-refractivity contribution in [3.63, 3.8) is 0 Å². The molecule has 0 bridgehead atoms. The lowest BCUT2D eigenvalue weighted by Crippen LogP contribution is -2.43. The number of Topliss-reactive ketones (excluding diaryl/α,β-unsaturated/α-hetero) is 1. The second-order valence-corrected chi connectivity index (χ2v) is 4.96. The molecular formula is C15H15NO5. The topological polar surface area (TPSA) is 80.8 Å². The standard InChI is InChI=1S/C15H15NO5/c1-8-4-5-10-7-16(13(18)11(10)6-8)14(19)12(9(2)17)15(20)21-3/h4-6,12H,7H2,1-3H3. The van der Waals surface area contributed by atoms with Crippen molar-refractivity contribution < 1.29 is 23.9 Å². The average Bonchev–Trinajstić information content (AvgIpc) is 2.75. The molecule has 6 heteroatoms. The molecule has 21 heavy (non-hydrogen) atoms. The summed E-state index contributed by atoms with van der Waals surface area (Å²) in [5.74, 6) is -4.52. The Bertz CT molecular complexity index is 649. The summed E-state index contributed by atoms with van der Waals surface area (Å²) in [6, 6.07) is 5.28. The van der Waals surface area contributed by atoms with Crippen molar-refractivity contribution in [3.8, 4) is 0 Å². The minimum Gasteiger partial charge on any atom is -0.468 e. The van der Waals surface area contributed by atoms with Gasteiger partial charge in [-0.25, -0.2) is 0 Å². The van der Waals surface area contributed by atoms with Crippen LogP contribution in [-0.4, -0.2) is 35.6 Å². The number of hydrogen-bond acceptors (Lipinski definition) is 5. The van der Waals surface area contributed by atoms with Gasteiger partial charge in [-0.2, -0.15) is 0 Å². The zero-order valence-corrected chi connectivity index (χ0v) is 12.0. The van der Waals surface area contributed by atoms with Crippen LogP contribution >= 0.6 is 0 Å². The lowest BCUT2D eigenvalue weighted by Gasteiger charge is -2.18. The van der Waals surface area contributed by atoms with Crippen LogP contribution in [0.4, 0.5) is 0 Å². The summed E-state index contributed by atoms with van der Waals surface area (Å²) in [5.41, 5.74) is 2.02. The van der Waals surface area contributed by atoms with Gasteiger partial charge in [-0.05, 0) is 25.5 Å². The number of aryl methyl sites for hydroxylation is 1. The van der Waals surface area contributed by atoms with Gasteiger partial charge in [0.2, 0.25) is 0 Å². The van der Waals surface area contributed by atoms with Gasteiger partial charge in [-0.3, -0.25) is 24.1 Å². The molecule has 110 valence electrons. The quantitative estimate of drug-likeness (QED) is 0.609. The number of methoxy groups -OCH3 is 1. The molecule has 1 unspecified atom stereocenters. The molecule has 1 aliphatic heterocycles. The Hall–Kier alpha value is -2.50. The molecule has 0 saturated heterocycles. The average molecular weight is 289 g/mol. The number of hydrogen-bond donors (Lipinski definition) is 0. The highest BCUT2D eigenvalue weighted by Crippen LogP contribution is 2.25. The zero-order valence-electron chi connectivity index (χ0n) is 12.0. The fraction of sp³-hybridized carbons (Fsp3) is 0.333. The molecule has 6 nitrogen and oxygen atoms in total. The Morgan fingerprint density at radius 1 is 1.29 bits per heavy atom. The molecule has 2 amide bonds. The molecule has 1 aromatic rings. The van der Waals surface area contributed by atoms with Crippen molar-refractivity contribution in [2.24, 2.45) is 5.92 Å². The fourth-order valence-electron chi connectivity index (χ4n) is 2.31. The molecule has 1 atom stereocenters. The first-order valence-corrected chi connectivity index (χ1v) is 6.40. The van der Waals surface area contributed by atoms with Gasteiger partial charge in [0.1, 0.15) is 0 Å². The van der Waals surface area contributed by atoms with E-state index >= 15 is 0 Å². The van der Waals surface area contributed by atoms with E-state index in [2.05, 4.69) is 4.74 Å². The molecule has 0 aromatic heterocycles. The Morgan fingerprint density at radius 2 is 1.95 bits per heavy atom. The number of imide groups is 1. The van der Waals surface area contributed by atoms with Gasteiger partial charge in [0.25, 0.3) is 11.8 Å². The van der Waals surface area contributed by atoms with Crippen LogP contribution in [0.5, 0.6) is 0 Å². The summed E-state index contributed by atoms with van der Waals surface area (Å²) < 4.78 is 4.47. The maximum absolute atomic E-state index is 12.3. The van der Waals surface area contributed by atoms with Crippen LogP contribution in [0, 0.1) is 12.8 Å². The third-order valence-electron chi connectivity index (χ3n) is 3.43. The van der Waals surface area contributed by atoms with Crippen molar-refractivity contribution in [1.82, 2.24) is 4.90 Å². The van der Waals surface area contributed by atoms with E-state index in [9.17, 15) is 19.2 Å². The number of carbonyl (C=O) groups is 4. The zero-order chi connectivity index (χ0) is 15.7. The summed E-state index contributed by atoms with van der Waals surface area (Å²) in [5, 5.41) is 0. The lowest BCUT2D eigenvalue weighted by atomic mass is 10.0. The summed E-state index contributed by atoms with van der Waals surface area (Å²) in [4.78, 5) is 48.6. The molecule has 1 aliphatic rings. The third kappa shape index (κ3) is 2.56. The van der Waals surface area contributed by atoms with E-state index in [1.54, 1.807) is 12.1 Å². The number of ether oxygens (including phenoxy) is 1. The van der Waals surface area contributed by atoms with Crippen LogP contribution in [0.1, 0.15) is 28.4 Å². The Labute approximate surface area is 121 Å². The Morgan fingerprint density at radius 3 is 2.52 bits per heavy atom. The smallest absolute Gasteiger partial charge is 0.325 e. The number of fused-ring (bicyclic) bond motifs is 1. The summed E-state index contributed by atoms with van der Waals surface area (Å²) in [7, 11) is 1.09. The largest absolute Gasteiger partial charge is 0.468 e. The second kappa shape index (κ2) is 5.47. The van der Waals surface area contributed by atoms with Crippen LogP contribution in [0.2, 0.25) is 0 Å². The van der Waals surface area contributed by atoms with Crippen molar-refractivity contribution in [3.05, 3.63) is 34.9 Å². The number of carbonyl (C=O) groups excluding carboxylic acids is 4. The van der Waals surface area contributed by atoms with Crippen LogP contribution in [-0.2, 0) is 25.7 Å². The van der Waals surface area contributed by atoms with Gasteiger partial charge in [-0.15, -0.1) is 0 Å². The van der Waals surface area contributed by atoms with E-state index in [0.717, 1.165) is 24.5 Å². The SMILES string of the molecule is COC(=O)C(C(C)=O)C(=O)N1Cc2ccc(C)cc2C1=O. The third-order valence-corrected chi connectivity index (χ3v) is 3.43. The van der Waals surface area contributed by atoms with E-state index in [-0.39, 0.29) is 6.54 Å². The van der Waals surface area contributed by atoms with Gasteiger partial charge in [0, 0.05) is 5.56 Å². The minimum atomic E-state index is -1.59. The summed E-state index contributed by atoms with van der Waals surface area (Å²) in [6.45, 7) is 3.02. The summed E-state index contributed by atoms with van der Waals surface area (Å²) >= 11 is 0. The number of ketones is 1. The number of amides is 2. The molecule has 1 heterocycles. The predicted molar refractivity (Wildman–Crippen MR) is 72.2 cm³/mol. The Kier molecular flexibility index (Phi) is 3.88. The van der Waals surface area contributed by atoms with Gasteiger partial charge in [-0.1, -0.05) is 17.7 Å². The normalized spacial score (nSPS) is 14.6. The van der Waals surface area contributed by atoms with Crippen molar-refractivity contribution in [2.45, 2.75) is 20.4 Å². The molecule has 0 radical (unpaired) electrons. The first-order valence-electron chi connectivity index (χ1n) is 6.40. The van der Waals surface area contributed by atoms with E-state index in [1.165, 1.54) is 0 Å². The van der Waals surface area contributed by atoms with E-state index in [1.807, 2.05) is 13.0 Å². The molecule has 1 aromatic carbocycles. The predicted octanol–water partition coefficient (Wildman–Crippen LogP) is 0.856. The highest BCUT2D eigenvalue weighted by Gasteiger charge is 2.41. The first-order chi connectivity index (χ1) is 9.86. The van der Waals surface area contributed by atoms with E-state index in [4.69, 9.17) is 0 Å². The highest BCUT2D eigenvalue weighted by molar-refractivity contribution is 6.21. The molecular weight excluding hydrogens is 274 g/mol. The highest BCUT2D eigenvalue weighted by atomic mass is 16.5. The summed E-state index contributed by atoms with van der Waals surface area (Å²) in [6.07, 6.45) is 0. The maximum Gasteiger partial charge on any atom is 0.325 e. The van der Waals surface area contributed by atoms with E-state index < -0.39 is 29.5 Å². The van der Waals surface area contributed by atoms with E-state index in [0.29, 0.717) is 11.1 Å².